The number of nitrogens with zero attached hydrogens (tertiary/aromatic N) is 1. The number of carbonyl (C=O) groups is 3. The lowest BCUT2D eigenvalue weighted by molar-refractivity contribution is -0.148. The molecule has 0 saturated carbocycles. The van der Waals surface area contributed by atoms with E-state index in [4.69, 9.17) is 21.4 Å². The van der Waals surface area contributed by atoms with Gasteiger partial charge < -0.3 is 19.9 Å². The van der Waals surface area contributed by atoms with Gasteiger partial charge in [-0.15, -0.1) is 0 Å². The van der Waals surface area contributed by atoms with Crippen LogP contribution in [-0.2, 0) is 14.3 Å². The van der Waals surface area contributed by atoms with Gasteiger partial charge >= 0.3 is 12.1 Å². The molecule has 8 nitrogen and oxygen atoms in total. The fourth-order valence-corrected chi connectivity index (χ4v) is 2.76. The standard InChI is InChI=1S/C16H19ClN2O6/c1-24-15(21)13-8-11(6-7-19(13)16(22)23)18-14(20)9-25-12-4-2-10(17)3-5-12/h2-5,11,13H,6-9H2,1H3,(H,18,20)(H,22,23). The van der Waals surface area contributed by atoms with E-state index in [0.29, 0.717) is 17.2 Å². The molecule has 2 atom stereocenters. The van der Waals surface area contributed by atoms with Gasteiger partial charge in [0.15, 0.2) is 6.61 Å². The van der Waals surface area contributed by atoms with Gasteiger partial charge in [0, 0.05) is 17.6 Å². The third-order valence-corrected chi connectivity index (χ3v) is 4.12. The molecular formula is C16H19ClN2O6. The zero-order chi connectivity index (χ0) is 18.4. The van der Waals surface area contributed by atoms with Gasteiger partial charge in [-0.2, -0.15) is 0 Å². The molecule has 2 rings (SSSR count). The van der Waals surface area contributed by atoms with E-state index in [-0.39, 0.29) is 31.5 Å². The van der Waals surface area contributed by atoms with Crippen molar-refractivity contribution < 1.29 is 29.0 Å². The van der Waals surface area contributed by atoms with Crippen molar-refractivity contribution in [2.75, 3.05) is 20.3 Å². The molecule has 9 heteroatoms. The van der Waals surface area contributed by atoms with Crippen molar-refractivity contribution in [1.82, 2.24) is 10.2 Å². The average molecular weight is 371 g/mol. The summed E-state index contributed by atoms with van der Waals surface area (Å²) in [6.07, 6.45) is -0.621. The number of nitrogens with one attached hydrogen (secondary N) is 1. The molecule has 136 valence electrons. The highest BCUT2D eigenvalue weighted by Gasteiger charge is 2.37. The minimum Gasteiger partial charge on any atom is -0.484 e. The normalized spacial score (nSPS) is 19.8. The molecule has 0 aliphatic carbocycles. The number of methoxy groups -OCH3 is 1. The van der Waals surface area contributed by atoms with Crippen LogP contribution in [0.4, 0.5) is 4.79 Å². The van der Waals surface area contributed by atoms with Crippen LogP contribution in [0, 0.1) is 0 Å². The zero-order valence-electron chi connectivity index (χ0n) is 13.6. The Morgan fingerprint density at radius 1 is 1.32 bits per heavy atom. The molecule has 1 heterocycles. The summed E-state index contributed by atoms with van der Waals surface area (Å²) in [6, 6.07) is 5.33. The Kier molecular flexibility index (Phi) is 6.46. The van der Waals surface area contributed by atoms with Crippen molar-refractivity contribution in [1.29, 1.82) is 0 Å². The zero-order valence-corrected chi connectivity index (χ0v) is 14.4. The first-order chi connectivity index (χ1) is 11.9. The van der Waals surface area contributed by atoms with Crippen LogP contribution in [0.2, 0.25) is 5.02 Å². The Labute approximate surface area is 149 Å². The summed E-state index contributed by atoms with van der Waals surface area (Å²) in [5, 5.41) is 12.5. The summed E-state index contributed by atoms with van der Waals surface area (Å²) >= 11 is 5.77. The van der Waals surface area contributed by atoms with Crippen LogP contribution in [-0.4, -0.2) is 60.3 Å². The molecule has 2 amide bonds. The van der Waals surface area contributed by atoms with Crippen LogP contribution in [0.3, 0.4) is 0 Å². The largest absolute Gasteiger partial charge is 0.484 e. The SMILES string of the molecule is COC(=O)C1CC(NC(=O)COc2ccc(Cl)cc2)CCN1C(=O)O. The number of ether oxygens (including phenoxy) is 2. The first kappa shape index (κ1) is 18.9. The maximum Gasteiger partial charge on any atom is 0.408 e. The van der Waals surface area contributed by atoms with Crippen LogP contribution in [0.1, 0.15) is 12.8 Å². The first-order valence-electron chi connectivity index (χ1n) is 7.66. The lowest BCUT2D eigenvalue weighted by Crippen LogP contribution is -2.55. The molecule has 1 aromatic carbocycles. The molecule has 0 bridgehead atoms. The predicted molar refractivity (Wildman–Crippen MR) is 88.6 cm³/mol. The second-order valence-corrected chi connectivity index (χ2v) is 5.98. The maximum atomic E-state index is 12.0. The van der Waals surface area contributed by atoms with Crippen molar-refractivity contribution in [2.45, 2.75) is 24.9 Å². The number of amides is 2. The molecule has 2 N–H and O–H groups in total. The molecule has 1 aliphatic heterocycles. The van der Waals surface area contributed by atoms with E-state index in [1.807, 2.05) is 0 Å². The summed E-state index contributed by atoms with van der Waals surface area (Å²) in [6.45, 7) is -0.0538. The summed E-state index contributed by atoms with van der Waals surface area (Å²) in [5.74, 6) is -0.487. The molecule has 0 radical (unpaired) electrons. The van der Waals surface area contributed by atoms with Gasteiger partial charge in [0.25, 0.3) is 5.91 Å². The van der Waals surface area contributed by atoms with Crippen LogP contribution >= 0.6 is 11.6 Å². The molecule has 0 aromatic heterocycles. The smallest absolute Gasteiger partial charge is 0.408 e. The molecule has 0 spiro atoms. The summed E-state index contributed by atoms with van der Waals surface area (Å²) < 4.78 is 10.00. The topological polar surface area (TPSA) is 105 Å². The van der Waals surface area contributed by atoms with Crippen LogP contribution < -0.4 is 10.1 Å². The highest BCUT2D eigenvalue weighted by Crippen LogP contribution is 2.19. The highest BCUT2D eigenvalue weighted by molar-refractivity contribution is 6.30. The Hall–Kier alpha value is -2.48. The number of piperidine rings is 1. The van der Waals surface area contributed by atoms with Crippen LogP contribution in [0.15, 0.2) is 24.3 Å². The minimum absolute atomic E-state index is 0.137. The third-order valence-electron chi connectivity index (χ3n) is 3.87. The third kappa shape index (κ3) is 5.25. The van der Waals surface area contributed by atoms with E-state index in [2.05, 4.69) is 10.1 Å². The number of likely N-dealkylation sites (tertiary alicyclic amines) is 1. The van der Waals surface area contributed by atoms with Gasteiger partial charge in [0.1, 0.15) is 11.8 Å². The Balaban J connectivity index is 1.87. The number of halogens is 1. The molecule has 1 aliphatic rings. The minimum atomic E-state index is -1.19. The lowest BCUT2D eigenvalue weighted by atomic mass is 9.97. The quantitative estimate of drug-likeness (QED) is 0.761. The van der Waals surface area contributed by atoms with E-state index in [9.17, 15) is 14.4 Å². The molecule has 1 aromatic rings. The van der Waals surface area contributed by atoms with Crippen molar-refractivity contribution >= 4 is 29.6 Å². The second-order valence-electron chi connectivity index (χ2n) is 5.55. The first-order valence-corrected chi connectivity index (χ1v) is 8.03. The molecule has 2 unspecified atom stereocenters. The number of carboxylic acid groups (broad SMARTS) is 1. The molecule has 1 saturated heterocycles. The van der Waals surface area contributed by atoms with Gasteiger partial charge in [0.2, 0.25) is 0 Å². The van der Waals surface area contributed by atoms with Gasteiger partial charge in [0.05, 0.1) is 7.11 Å². The fourth-order valence-electron chi connectivity index (χ4n) is 2.63. The highest BCUT2D eigenvalue weighted by atomic mass is 35.5. The lowest BCUT2D eigenvalue weighted by Gasteiger charge is -2.36. The maximum absolute atomic E-state index is 12.0. The van der Waals surface area contributed by atoms with E-state index < -0.39 is 18.1 Å². The van der Waals surface area contributed by atoms with Crippen molar-refractivity contribution in [2.24, 2.45) is 0 Å². The van der Waals surface area contributed by atoms with Crippen molar-refractivity contribution in [3.05, 3.63) is 29.3 Å². The summed E-state index contributed by atoms with van der Waals surface area (Å²) in [4.78, 5) is 36.0. The number of esters is 1. The number of hydrogen-bond donors (Lipinski definition) is 2. The van der Waals surface area contributed by atoms with Gasteiger partial charge in [-0.05, 0) is 37.1 Å². The molecular weight excluding hydrogens is 352 g/mol. The Bertz CT molecular complexity index is 636. The number of benzene rings is 1. The van der Waals surface area contributed by atoms with Gasteiger partial charge in [-0.3, -0.25) is 9.69 Å². The van der Waals surface area contributed by atoms with E-state index in [1.54, 1.807) is 24.3 Å². The van der Waals surface area contributed by atoms with E-state index in [1.165, 1.54) is 7.11 Å². The van der Waals surface area contributed by atoms with Crippen molar-refractivity contribution in [3.8, 4) is 5.75 Å². The number of carbonyl (C=O) groups excluding carboxylic acids is 2. The average Bonchev–Trinajstić information content (AvgIpc) is 2.60. The van der Waals surface area contributed by atoms with Crippen molar-refractivity contribution in [3.63, 3.8) is 0 Å². The number of hydrogen-bond acceptors (Lipinski definition) is 5. The Morgan fingerprint density at radius 3 is 2.60 bits per heavy atom. The molecule has 1 fully saturated rings. The van der Waals surface area contributed by atoms with Crippen LogP contribution in [0.5, 0.6) is 5.75 Å². The summed E-state index contributed by atoms with van der Waals surface area (Å²) in [7, 11) is 1.20. The van der Waals surface area contributed by atoms with E-state index >= 15 is 0 Å². The monoisotopic (exact) mass is 370 g/mol. The summed E-state index contributed by atoms with van der Waals surface area (Å²) in [5.41, 5.74) is 0. The van der Waals surface area contributed by atoms with Crippen LogP contribution in [0.25, 0.3) is 0 Å². The predicted octanol–water partition coefficient (Wildman–Crippen LogP) is 1.52. The van der Waals surface area contributed by atoms with Gasteiger partial charge in [-0.1, -0.05) is 11.6 Å². The molecule has 25 heavy (non-hydrogen) atoms. The van der Waals surface area contributed by atoms with E-state index in [0.717, 1.165) is 4.90 Å². The van der Waals surface area contributed by atoms with Gasteiger partial charge in [-0.25, -0.2) is 9.59 Å². The fraction of sp³-hybridized carbons (Fsp3) is 0.438. The Morgan fingerprint density at radius 2 is 2.00 bits per heavy atom. The number of rotatable bonds is 5. The second kappa shape index (κ2) is 8.57.